The maximum Gasteiger partial charge on any atom is 0.219 e. The number of hydrogen-bond acceptors (Lipinski definition) is 10. The fourth-order valence-corrected chi connectivity index (χ4v) is 3.05. The molecule has 1 unspecified atom stereocenters. The van der Waals surface area contributed by atoms with E-state index in [0.717, 1.165) is 77.9 Å². The van der Waals surface area contributed by atoms with Crippen molar-refractivity contribution in [2.24, 2.45) is 22.9 Å². The lowest BCUT2D eigenvalue weighted by atomic mass is 10.2. The van der Waals surface area contributed by atoms with Crippen molar-refractivity contribution in [2.45, 2.75) is 86.1 Å². The zero-order valence-corrected chi connectivity index (χ0v) is 28.4. The fourth-order valence-electron chi connectivity index (χ4n) is 3.05. The van der Waals surface area contributed by atoms with E-state index >= 15 is 0 Å². The summed E-state index contributed by atoms with van der Waals surface area (Å²) in [5.41, 5.74) is 20.8. The number of hydrogen-bond donors (Lipinski definition) is 9. The summed E-state index contributed by atoms with van der Waals surface area (Å²) >= 11 is 0. The Kier molecular flexibility index (Phi) is 41.7. The Labute approximate surface area is 266 Å². The second-order valence-corrected chi connectivity index (χ2v) is 10.0. The van der Waals surface area contributed by atoms with Crippen LogP contribution < -0.4 is 49.5 Å². The zero-order valence-electron chi connectivity index (χ0n) is 28.4. The van der Waals surface area contributed by atoms with Crippen molar-refractivity contribution in [3.63, 3.8) is 0 Å². The second kappa shape index (κ2) is 38.2. The average molecular weight is 635 g/mol. The molecule has 15 heteroatoms. The third-order valence-corrected chi connectivity index (χ3v) is 5.39. The molecule has 5 amide bonds. The molecule has 44 heavy (non-hydrogen) atoms. The van der Waals surface area contributed by atoms with E-state index in [1.165, 1.54) is 27.2 Å². The summed E-state index contributed by atoms with van der Waals surface area (Å²) in [4.78, 5) is 53.5. The van der Waals surface area contributed by atoms with E-state index in [1.807, 2.05) is 11.8 Å². The molecule has 0 aromatic carbocycles. The number of carbonyl (C=O) groups excluding carboxylic acids is 5. The maximum atomic E-state index is 10.7. The van der Waals surface area contributed by atoms with Gasteiger partial charge in [0.25, 0.3) is 0 Å². The average Bonchev–Trinajstić information content (AvgIpc) is 2.97. The molecule has 1 heterocycles. The van der Waals surface area contributed by atoms with E-state index in [9.17, 15) is 24.0 Å². The number of piperazine rings is 1. The van der Waals surface area contributed by atoms with Crippen LogP contribution in [0.25, 0.3) is 0 Å². The lowest BCUT2D eigenvalue weighted by molar-refractivity contribution is -0.129. The molecule has 1 fully saturated rings. The van der Waals surface area contributed by atoms with Gasteiger partial charge in [-0.1, -0.05) is 12.8 Å². The SMILES string of the molecule is CC(=O)N1CCNCC1.CC(=O)NC(C)CN.CC(=O)NCCCCCCN.CC(=O)NCCCCN.CC(=O)NCCN. The van der Waals surface area contributed by atoms with Crippen molar-refractivity contribution in [3.8, 4) is 0 Å². The third-order valence-electron chi connectivity index (χ3n) is 5.39. The Hall–Kier alpha value is -2.85. The molecule has 0 spiro atoms. The van der Waals surface area contributed by atoms with Crippen LogP contribution in [0.3, 0.4) is 0 Å². The van der Waals surface area contributed by atoms with Crippen molar-refractivity contribution in [1.82, 2.24) is 31.5 Å². The van der Waals surface area contributed by atoms with Crippen molar-refractivity contribution < 1.29 is 24.0 Å². The van der Waals surface area contributed by atoms with Gasteiger partial charge in [-0.2, -0.15) is 0 Å². The van der Waals surface area contributed by atoms with Crippen molar-refractivity contribution in [1.29, 1.82) is 0 Å². The smallest absolute Gasteiger partial charge is 0.219 e. The normalized spacial score (nSPS) is 12.0. The molecule has 0 radical (unpaired) electrons. The molecule has 13 N–H and O–H groups in total. The number of amides is 5. The van der Waals surface area contributed by atoms with E-state index in [-0.39, 0.29) is 35.6 Å². The summed E-state index contributed by atoms with van der Waals surface area (Å²) < 4.78 is 0. The van der Waals surface area contributed by atoms with Crippen molar-refractivity contribution >= 4 is 29.5 Å². The molecule has 1 aliphatic heterocycles. The topological polar surface area (TPSA) is 253 Å². The molecule has 0 saturated carbocycles. The molecule has 1 aliphatic rings. The van der Waals surface area contributed by atoms with Gasteiger partial charge in [-0.15, -0.1) is 0 Å². The zero-order chi connectivity index (χ0) is 34.6. The minimum absolute atomic E-state index is 0.0227. The number of rotatable bonds is 14. The monoisotopic (exact) mass is 635 g/mol. The molecule has 262 valence electrons. The number of nitrogens with two attached hydrogens (primary N) is 4. The van der Waals surface area contributed by atoms with Crippen molar-refractivity contribution in [2.75, 3.05) is 72.0 Å². The largest absolute Gasteiger partial charge is 0.356 e. The summed E-state index contributed by atoms with van der Waals surface area (Å²) in [5.74, 6) is 0.237. The number of carbonyl (C=O) groups is 5. The van der Waals surface area contributed by atoms with Crippen LogP contribution in [0.5, 0.6) is 0 Å². The molecule has 0 bridgehead atoms. The lowest BCUT2D eigenvalue weighted by Gasteiger charge is -2.25. The van der Waals surface area contributed by atoms with E-state index < -0.39 is 0 Å². The summed E-state index contributed by atoms with van der Waals surface area (Å²) in [6.45, 7) is 17.8. The first-order valence-corrected chi connectivity index (χ1v) is 15.6. The predicted molar refractivity (Wildman–Crippen MR) is 178 cm³/mol. The predicted octanol–water partition coefficient (Wildman–Crippen LogP) is -1.51. The van der Waals surface area contributed by atoms with Gasteiger partial charge in [-0.25, -0.2) is 0 Å². The number of nitrogens with zero attached hydrogens (tertiary/aromatic N) is 1. The first-order chi connectivity index (χ1) is 20.8. The Bertz CT molecular complexity index is 708. The molecule has 0 aromatic rings. The summed E-state index contributed by atoms with van der Waals surface area (Å²) in [6, 6.07) is 0.104. The van der Waals surface area contributed by atoms with Crippen LogP contribution in [0.15, 0.2) is 0 Å². The summed E-state index contributed by atoms with van der Waals surface area (Å²) in [7, 11) is 0. The Balaban J connectivity index is -0.000000229. The molecule has 0 aromatic heterocycles. The minimum atomic E-state index is -0.0250. The molecule has 15 nitrogen and oxygen atoms in total. The first-order valence-electron chi connectivity index (χ1n) is 15.6. The van der Waals surface area contributed by atoms with Gasteiger partial charge in [-0.05, 0) is 45.7 Å². The van der Waals surface area contributed by atoms with Crippen LogP contribution in [-0.2, 0) is 24.0 Å². The van der Waals surface area contributed by atoms with Gasteiger partial charge in [0.2, 0.25) is 29.5 Å². The van der Waals surface area contributed by atoms with E-state index in [4.69, 9.17) is 22.9 Å². The standard InChI is InChI=1S/C8H18N2O.C6H12N2O.C6H14N2O.C5H12N2O.C4H10N2O/c1-8(11)10-7-5-3-2-4-6-9;1-6(9)8-4-2-7-3-5-8;1-6(9)8-5-3-2-4-7;1-4(3-6)7-5(2)8;1-4(7)6-3-2-5/h2-7,9H2,1H3,(H,10,11);7H,2-5H2,1H3;2-5,7H2,1H3,(H,8,9);4H,3,6H2,1-2H3,(H,7,8);2-3,5H2,1H3,(H,6,7). The van der Waals surface area contributed by atoms with Crippen LogP contribution in [-0.4, -0.2) is 112 Å². The van der Waals surface area contributed by atoms with Crippen LogP contribution in [0.1, 0.15) is 80.1 Å². The van der Waals surface area contributed by atoms with E-state index in [1.54, 1.807) is 13.8 Å². The Morgan fingerprint density at radius 1 is 0.614 bits per heavy atom. The van der Waals surface area contributed by atoms with Gasteiger partial charge in [0.05, 0.1) is 0 Å². The Morgan fingerprint density at radius 3 is 1.32 bits per heavy atom. The van der Waals surface area contributed by atoms with Gasteiger partial charge >= 0.3 is 0 Å². The third kappa shape index (κ3) is 51.9. The molecular weight excluding hydrogens is 568 g/mol. The van der Waals surface area contributed by atoms with Crippen LogP contribution in [0.2, 0.25) is 0 Å². The highest BCUT2D eigenvalue weighted by molar-refractivity contribution is 5.74. The van der Waals surface area contributed by atoms with Gasteiger partial charge in [0.15, 0.2) is 0 Å². The van der Waals surface area contributed by atoms with Gasteiger partial charge in [-0.3, -0.25) is 24.0 Å². The van der Waals surface area contributed by atoms with Gasteiger partial charge < -0.3 is 54.4 Å². The van der Waals surface area contributed by atoms with Crippen molar-refractivity contribution in [3.05, 3.63) is 0 Å². The Morgan fingerprint density at radius 2 is 1.02 bits per heavy atom. The van der Waals surface area contributed by atoms with Gasteiger partial charge in [0, 0.05) is 99.6 Å². The minimum Gasteiger partial charge on any atom is -0.356 e. The molecule has 0 aliphatic carbocycles. The highest BCUT2D eigenvalue weighted by atomic mass is 16.2. The highest BCUT2D eigenvalue weighted by Crippen LogP contribution is 1.96. The molecule has 1 rings (SSSR count). The van der Waals surface area contributed by atoms with Crippen LogP contribution in [0.4, 0.5) is 0 Å². The lowest BCUT2D eigenvalue weighted by Crippen LogP contribution is -2.45. The highest BCUT2D eigenvalue weighted by Gasteiger charge is 2.10. The summed E-state index contributed by atoms with van der Waals surface area (Å²) in [6.07, 6.45) is 6.48. The molecule has 1 saturated heterocycles. The van der Waals surface area contributed by atoms with Crippen LogP contribution >= 0.6 is 0 Å². The fraction of sp³-hybridized carbons (Fsp3) is 0.828. The quantitative estimate of drug-likeness (QED) is 0.0999. The first kappa shape index (κ1) is 48.1. The van der Waals surface area contributed by atoms with Gasteiger partial charge in [0.1, 0.15) is 0 Å². The molecule has 1 atom stereocenters. The van der Waals surface area contributed by atoms with E-state index in [0.29, 0.717) is 26.2 Å². The maximum absolute atomic E-state index is 10.7. The number of nitrogens with one attached hydrogen (secondary N) is 5. The van der Waals surface area contributed by atoms with E-state index in [2.05, 4.69) is 26.6 Å². The second-order valence-electron chi connectivity index (χ2n) is 10.0. The van der Waals surface area contributed by atoms with Crippen LogP contribution in [0, 0.1) is 0 Å². The summed E-state index contributed by atoms with van der Waals surface area (Å²) in [5, 5.41) is 13.8. The number of unbranched alkanes of at least 4 members (excludes halogenated alkanes) is 4. The molecular formula is C29H66N10O5.